The molecule has 0 aliphatic carbocycles. The van der Waals surface area contributed by atoms with E-state index in [2.05, 4.69) is 5.32 Å². The molecule has 0 fully saturated rings. The standard InChI is InChI=1S/C18H28N2O2/c1-6-12-19-16(21)18(4,5)17(22)20(14(2)3)13-15-10-8-7-9-11-15/h7-11,14H,6,12-13H2,1-5H3,(H,19,21). The van der Waals surface area contributed by atoms with Gasteiger partial charge in [-0.25, -0.2) is 0 Å². The predicted molar refractivity (Wildman–Crippen MR) is 89.2 cm³/mol. The minimum atomic E-state index is -1.06. The van der Waals surface area contributed by atoms with Gasteiger partial charge in [0.2, 0.25) is 11.8 Å². The lowest BCUT2D eigenvalue weighted by molar-refractivity contribution is -0.150. The van der Waals surface area contributed by atoms with Gasteiger partial charge in [-0.2, -0.15) is 0 Å². The monoisotopic (exact) mass is 304 g/mol. The first-order valence-electron chi connectivity index (χ1n) is 7.94. The van der Waals surface area contributed by atoms with Crippen LogP contribution in [-0.4, -0.2) is 29.3 Å². The molecule has 0 unspecified atom stereocenters. The fourth-order valence-electron chi connectivity index (χ4n) is 2.18. The number of hydrogen-bond donors (Lipinski definition) is 1. The van der Waals surface area contributed by atoms with Crippen molar-refractivity contribution in [1.82, 2.24) is 10.2 Å². The van der Waals surface area contributed by atoms with Crippen LogP contribution in [0.1, 0.15) is 46.6 Å². The number of rotatable bonds is 7. The Morgan fingerprint density at radius 3 is 2.27 bits per heavy atom. The average Bonchev–Trinajstić information content (AvgIpc) is 2.50. The molecule has 0 atom stereocenters. The Balaban J connectivity index is 2.90. The minimum absolute atomic E-state index is 0.0333. The predicted octanol–water partition coefficient (Wildman–Crippen LogP) is 2.98. The molecule has 4 nitrogen and oxygen atoms in total. The summed E-state index contributed by atoms with van der Waals surface area (Å²) in [6, 6.07) is 9.88. The van der Waals surface area contributed by atoms with E-state index in [-0.39, 0.29) is 17.9 Å². The lowest BCUT2D eigenvalue weighted by Gasteiger charge is -2.34. The van der Waals surface area contributed by atoms with Crippen molar-refractivity contribution in [2.45, 2.75) is 53.6 Å². The largest absolute Gasteiger partial charge is 0.355 e. The molecule has 0 radical (unpaired) electrons. The molecular weight excluding hydrogens is 276 g/mol. The summed E-state index contributed by atoms with van der Waals surface area (Å²) in [6.07, 6.45) is 0.855. The summed E-state index contributed by atoms with van der Waals surface area (Å²) in [5, 5.41) is 2.82. The normalized spacial score (nSPS) is 11.4. The van der Waals surface area contributed by atoms with Crippen molar-refractivity contribution in [3.05, 3.63) is 35.9 Å². The maximum absolute atomic E-state index is 12.9. The van der Waals surface area contributed by atoms with Crippen molar-refractivity contribution in [3.63, 3.8) is 0 Å². The van der Waals surface area contributed by atoms with E-state index in [9.17, 15) is 9.59 Å². The Kier molecular flexibility index (Phi) is 6.60. The van der Waals surface area contributed by atoms with Gasteiger partial charge in [0.15, 0.2) is 0 Å². The van der Waals surface area contributed by atoms with E-state index < -0.39 is 5.41 Å². The van der Waals surface area contributed by atoms with Crippen molar-refractivity contribution in [2.24, 2.45) is 5.41 Å². The van der Waals surface area contributed by atoms with Crippen LogP contribution in [0.3, 0.4) is 0 Å². The molecule has 0 spiro atoms. The van der Waals surface area contributed by atoms with Gasteiger partial charge >= 0.3 is 0 Å². The van der Waals surface area contributed by atoms with Gasteiger partial charge in [0.05, 0.1) is 0 Å². The smallest absolute Gasteiger partial charge is 0.238 e. The molecule has 0 heterocycles. The third-order valence-electron chi connectivity index (χ3n) is 3.72. The Hall–Kier alpha value is -1.84. The van der Waals surface area contributed by atoms with E-state index in [1.807, 2.05) is 51.1 Å². The Morgan fingerprint density at radius 1 is 1.18 bits per heavy atom. The van der Waals surface area contributed by atoms with Crippen molar-refractivity contribution in [1.29, 1.82) is 0 Å². The van der Waals surface area contributed by atoms with Crippen LogP contribution in [0.15, 0.2) is 30.3 Å². The molecule has 0 aromatic heterocycles. The molecule has 0 saturated heterocycles. The number of nitrogens with one attached hydrogen (secondary N) is 1. The van der Waals surface area contributed by atoms with Crippen LogP contribution < -0.4 is 5.32 Å². The fraction of sp³-hybridized carbons (Fsp3) is 0.556. The summed E-state index contributed by atoms with van der Waals surface area (Å²) in [5.74, 6) is -0.349. The Morgan fingerprint density at radius 2 is 1.77 bits per heavy atom. The maximum Gasteiger partial charge on any atom is 0.238 e. The molecule has 2 amide bonds. The molecule has 1 aromatic rings. The average molecular weight is 304 g/mol. The lowest BCUT2D eigenvalue weighted by Crippen LogP contribution is -2.51. The quantitative estimate of drug-likeness (QED) is 0.787. The molecule has 4 heteroatoms. The summed E-state index contributed by atoms with van der Waals surface area (Å²) < 4.78 is 0. The summed E-state index contributed by atoms with van der Waals surface area (Å²) in [4.78, 5) is 26.9. The first-order chi connectivity index (χ1) is 10.3. The fourth-order valence-corrected chi connectivity index (χ4v) is 2.18. The number of amides is 2. The van der Waals surface area contributed by atoms with Crippen LogP contribution in [0.2, 0.25) is 0 Å². The molecule has 0 saturated carbocycles. The molecule has 0 aliphatic heterocycles. The zero-order valence-electron chi connectivity index (χ0n) is 14.3. The molecule has 122 valence electrons. The van der Waals surface area contributed by atoms with Crippen molar-refractivity contribution in [3.8, 4) is 0 Å². The highest BCUT2D eigenvalue weighted by Gasteiger charge is 2.39. The summed E-state index contributed by atoms with van der Waals surface area (Å²) >= 11 is 0. The zero-order chi connectivity index (χ0) is 16.8. The molecule has 1 rings (SSSR count). The second-order valence-electron chi connectivity index (χ2n) is 6.39. The Bertz CT molecular complexity index is 495. The second-order valence-corrected chi connectivity index (χ2v) is 6.39. The van der Waals surface area contributed by atoms with Gasteiger partial charge in [-0.3, -0.25) is 9.59 Å². The number of nitrogens with zero attached hydrogens (tertiary/aromatic N) is 1. The third-order valence-corrected chi connectivity index (χ3v) is 3.72. The zero-order valence-corrected chi connectivity index (χ0v) is 14.3. The van der Waals surface area contributed by atoms with Gasteiger partial charge in [-0.1, -0.05) is 37.3 Å². The van der Waals surface area contributed by atoms with E-state index in [0.717, 1.165) is 12.0 Å². The van der Waals surface area contributed by atoms with Gasteiger partial charge in [0.1, 0.15) is 5.41 Å². The first-order valence-corrected chi connectivity index (χ1v) is 7.94. The van der Waals surface area contributed by atoms with Crippen LogP contribution in [0.4, 0.5) is 0 Å². The van der Waals surface area contributed by atoms with E-state index in [0.29, 0.717) is 13.1 Å². The number of carbonyl (C=O) groups is 2. The third kappa shape index (κ3) is 4.58. The highest BCUT2D eigenvalue weighted by atomic mass is 16.2. The summed E-state index contributed by atoms with van der Waals surface area (Å²) in [7, 11) is 0. The SMILES string of the molecule is CCCNC(=O)C(C)(C)C(=O)N(Cc1ccccc1)C(C)C. The van der Waals surface area contributed by atoms with Gasteiger partial charge in [0.25, 0.3) is 0 Å². The molecule has 0 aliphatic rings. The molecule has 1 aromatic carbocycles. The Labute approximate surface area is 133 Å². The molecule has 22 heavy (non-hydrogen) atoms. The number of carbonyl (C=O) groups excluding carboxylic acids is 2. The van der Waals surface area contributed by atoms with Crippen molar-refractivity contribution in [2.75, 3.05) is 6.54 Å². The van der Waals surface area contributed by atoms with Gasteiger partial charge < -0.3 is 10.2 Å². The summed E-state index contributed by atoms with van der Waals surface area (Å²) in [6.45, 7) is 10.4. The van der Waals surface area contributed by atoms with E-state index in [1.165, 1.54) is 0 Å². The molecule has 0 bridgehead atoms. The first kappa shape index (κ1) is 18.2. The topological polar surface area (TPSA) is 49.4 Å². The van der Waals surface area contributed by atoms with E-state index in [4.69, 9.17) is 0 Å². The van der Waals surface area contributed by atoms with Gasteiger partial charge in [-0.15, -0.1) is 0 Å². The second kappa shape index (κ2) is 7.97. The van der Waals surface area contributed by atoms with Gasteiger partial charge in [-0.05, 0) is 39.7 Å². The van der Waals surface area contributed by atoms with Crippen molar-refractivity contribution >= 4 is 11.8 Å². The van der Waals surface area contributed by atoms with Crippen LogP contribution >= 0.6 is 0 Å². The van der Waals surface area contributed by atoms with Gasteiger partial charge in [0, 0.05) is 19.1 Å². The van der Waals surface area contributed by atoms with E-state index in [1.54, 1.807) is 18.7 Å². The van der Waals surface area contributed by atoms with Crippen LogP contribution in [0.25, 0.3) is 0 Å². The molecule has 1 N–H and O–H groups in total. The van der Waals surface area contributed by atoms with Crippen molar-refractivity contribution < 1.29 is 9.59 Å². The maximum atomic E-state index is 12.9. The van der Waals surface area contributed by atoms with Crippen LogP contribution in [0, 0.1) is 5.41 Å². The summed E-state index contributed by atoms with van der Waals surface area (Å²) in [5.41, 5.74) is 0.00289. The minimum Gasteiger partial charge on any atom is -0.355 e. The lowest BCUT2D eigenvalue weighted by atomic mass is 9.89. The number of hydrogen-bond acceptors (Lipinski definition) is 2. The van der Waals surface area contributed by atoms with Crippen LogP contribution in [-0.2, 0) is 16.1 Å². The highest BCUT2D eigenvalue weighted by molar-refractivity contribution is 6.04. The van der Waals surface area contributed by atoms with Crippen LogP contribution in [0.5, 0.6) is 0 Å². The molecular formula is C18H28N2O2. The highest BCUT2D eigenvalue weighted by Crippen LogP contribution is 2.22. The van der Waals surface area contributed by atoms with E-state index >= 15 is 0 Å². The number of benzene rings is 1.